The fourth-order valence-electron chi connectivity index (χ4n) is 2.92. The van der Waals surface area contributed by atoms with Crippen LogP contribution in [-0.2, 0) is 13.8 Å². The van der Waals surface area contributed by atoms with Gasteiger partial charge in [-0.3, -0.25) is 9.09 Å². The van der Waals surface area contributed by atoms with Crippen molar-refractivity contribution in [1.82, 2.24) is 19.5 Å². The molecule has 4 atom stereocenters. The highest BCUT2D eigenvalue weighted by atomic mass is 31.2. The van der Waals surface area contributed by atoms with Crippen LogP contribution in [0.25, 0.3) is 11.2 Å². The number of nitrogen functional groups attached to an aromatic ring is 1. The molecule has 5 N–H and O–H groups in total. The SMILES string of the molecule is CN(C)c1nc(N)nc2c1ncn2[C@@H]1O[C@H](COP(=O)(O)O)[C@@H](O)[C@@]1(C)F. The molecule has 0 saturated carbocycles. The summed E-state index contributed by atoms with van der Waals surface area (Å²) in [5.41, 5.74) is 3.93. The number of hydrogen-bond donors (Lipinski definition) is 4. The molecule has 0 spiro atoms. The molecule has 150 valence electrons. The predicted octanol–water partition coefficient (Wildman–Crippen LogP) is -0.430. The summed E-state index contributed by atoms with van der Waals surface area (Å²) in [6.45, 7) is 0.400. The number of aromatic nitrogens is 4. The number of aliphatic hydroxyl groups excluding tert-OH is 1. The van der Waals surface area contributed by atoms with Gasteiger partial charge in [-0.25, -0.2) is 13.9 Å². The van der Waals surface area contributed by atoms with Gasteiger partial charge in [0, 0.05) is 14.1 Å². The van der Waals surface area contributed by atoms with Crippen molar-refractivity contribution in [3.05, 3.63) is 6.33 Å². The van der Waals surface area contributed by atoms with Crippen LogP contribution in [0, 0.1) is 0 Å². The summed E-state index contributed by atoms with van der Waals surface area (Å²) >= 11 is 0. The average Bonchev–Trinajstić information content (AvgIpc) is 3.04. The molecule has 0 amide bonds. The topological polar surface area (TPSA) is 169 Å². The Kier molecular flexibility index (Phi) is 4.87. The first-order valence-corrected chi connectivity index (χ1v) is 9.34. The number of alkyl halides is 1. The van der Waals surface area contributed by atoms with Gasteiger partial charge in [0.15, 0.2) is 28.9 Å². The van der Waals surface area contributed by atoms with Gasteiger partial charge >= 0.3 is 7.82 Å². The minimum absolute atomic E-state index is 0.0616. The van der Waals surface area contributed by atoms with E-state index in [1.807, 2.05) is 0 Å². The highest BCUT2D eigenvalue weighted by Crippen LogP contribution is 2.44. The molecule has 1 fully saturated rings. The van der Waals surface area contributed by atoms with E-state index < -0.39 is 38.5 Å². The Hall–Kier alpha value is -1.89. The lowest BCUT2D eigenvalue weighted by Gasteiger charge is -2.24. The number of aliphatic hydroxyl groups is 1. The summed E-state index contributed by atoms with van der Waals surface area (Å²) in [6.07, 6.45) is -3.14. The number of hydrogen-bond acceptors (Lipinski definition) is 9. The summed E-state index contributed by atoms with van der Waals surface area (Å²) in [4.78, 5) is 31.6. The monoisotopic (exact) mass is 406 g/mol. The Morgan fingerprint density at radius 2 is 2.15 bits per heavy atom. The van der Waals surface area contributed by atoms with Crippen molar-refractivity contribution in [2.75, 3.05) is 31.3 Å². The fraction of sp³-hybridized carbons (Fsp3) is 0.615. The molecule has 0 unspecified atom stereocenters. The Morgan fingerprint density at radius 3 is 2.74 bits per heavy atom. The number of imidazole rings is 1. The summed E-state index contributed by atoms with van der Waals surface area (Å²) < 4.78 is 37.2. The first-order valence-electron chi connectivity index (χ1n) is 7.81. The maximum absolute atomic E-state index is 15.2. The predicted molar refractivity (Wildman–Crippen MR) is 91.5 cm³/mol. The third-order valence-corrected chi connectivity index (χ3v) is 4.71. The van der Waals surface area contributed by atoms with Crippen LogP contribution in [0.1, 0.15) is 13.2 Å². The van der Waals surface area contributed by atoms with E-state index in [-0.39, 0.29) is 11.6 Å². The van der Waals surface area contributed by atoms with E-state index in [2.05, 4.69) is 19.5 Å². The molecule has 12 nitrogen and oxygen atoms in total. The van der Waals surface area contributed by atoms with Gasteiger partial charge in [0.25, 0.3) is 0 Å². The standard InChI is InChI=1S/C13H20FN6O6P/c1-13(14)8(21)6(4-25-27(22,23)24)26-11(13)20-5-16-7-9(19(2)3)17-12(15)18-10(7)20/h5-6,8,11,21H,4H2,1-3H3,(H2,15,17,18)(H2,22,23,24)/t6-,8-,11-,13-/m1/s1. The lowest BCUT2D eigenvalue weighted by molar-refractivity contribution is -0.0560. The number of ether oxygens (including phenoxy) is 1. The Morgan fingerprint density at radius 1 is 1.48 bits per heavy atom. The first-order chi connectivity index (χ1) is 12.4. The second-order valence-corrected chi connectivity index (χ2v) is 7.77. The fourth-order valence-corrected chi connectivity index (χ4v) is 3.26. The van der Waals surface area contributed by atoms with Crippen LogP contribution in [0.4, 0.5) is 16.2 Å². The van der Waals surface area contributed by atoms with Crippen molar-refractivity contribution in [3.8, 4) is 0 Å². The van der Waals surface area contributed by atoms with Gasteiger partial charge in [0.05, 0.1) is 12.9 Å². The summed E-state index contributed by atoms with van der Waals surface area (Å²) in [5, 5.41) is 10.2. The second-order valence-electron chi connectivity index (χ2n) is 6.53. The van der Waals surface area contributed by atoms with E-state index in [0.717, 1.165) is 6.92 Å². The number of nitrogens with two attached hydrogens (primary N) is 1. The van der Waals surface area contributed by atoms with Crippen molar-refractivity contribution in [3.63, 3.8) is 0 Å². The van der Waals surface area contributed by atoms with Crippen molar-refractivity contribution in [2.45, 2.75) is 31.0 Å². The largest absolute Gasteiger partial charge is 0.469 e. The normalized spacial score (nSPS) is 28.8. The number of nitrogens with zero attached hydrogens (tertiary/aromatic N) is 5. The average molecular weight is 406 g/mol. The molecule has 3 heterocycles. The maximum Gasteiger partial charge on any atom is 0.469 e. The van der Waals surface area contributed by atoms with E-state index in [1.54, 1.807) is 19.0 Å². The van der Waals surface area contributed by atoms with Gasteiger partial charge < -0.3 is 30.3 Å². The Labute approximate surface area is 153 Å². The highest BCUT2D eigenvalue weighted by Gasteiger charge is 2.55. The van der Waals surface area contributed by atoms with Crippen LogP contribution >= 0.6 is 7.82 Å². The van der Waals surface area contributed by atoms with Crippen LogP contribution in [0.15, 0.2) is 6.33 Å². The van der Waals surface area contributed by atoms with Crippen LogP contribution in [0.2, 0.25) is 0 Å². The van der Waals surface area contributed by atoms with Crippen molar-refractivity contribution in [2.24, 2.45) is 0 Å². The molecule has 0 radical (unpaired) electrons. The number of phosphoric acid groups is 1. The minimum atomic E-state index is -4.80. The van der Waals surface area contributed by atoms with Gasteiger partial charge in [-0.15, -0.1) is 0 Å². The number of phosphoric ester groups is 1. The number of halogens is 1. The zero-order valence-electron chi connectivity index (χ0n) is 14.7. The smallest absolute Gasteiger partial charge is 0.387 e. The molecular weight excluding hydrogens is 386 g/mol. The molecule has 1 saturated heterocycles. The Bertz CT molecular complexity index is 901. The van der Waals surface area contributed by atoms with Crippen molar-refractivity contribution >= 4 is 30.8 Å². The quantitative estimate of drug-likeness (QED) is 0.475. The summed E-state index contributed by atoms with van der Waals surface area (Å²) in [5.74, 6) is 0.352. The van der Waals surface area contributed by atoms with E-state index >= 15 is 4.39 Å². The van der Waals surface area contributed by atoms with Crippen LogP contribution in [0.5, 0.6) is 0 Å². The Balaban J connectivity index is 1.99. The van der Waals surface area contributed by atoms with Gasteiger partial charge in [0.1, 0.15) is 12.2 Å². The van der Waals surface area contributed by atoms with E-state index in [9.17, 15) is 9.67 Å². The molecule has 27 heavy (non-hydrogen) atoms. The van der Waals surface area contributed by atoms with Crippen molar-refractivity contribution < 1.29 is 33.1 Å². The van der Waals surface area contributed by atoms with Gasteiger partial charge in [-0.2, -0.15) is 9.97 Å². The number of anilines is 2. The minimum Gasteiger partial charge on any atom is -0.387 e. The van der Waals surface area contributed by atoms with Crippen LogP contribution in [0.3, 0.4) is 0 Å². The summed E-state index contributed by atoms with van der Waals surface area (Å²) in [6, 6.07) is 0. The van der Waals surface area contributed by atoms with E-state index in [0.29, 0.717) is 11.3 Å². The molecule has 0 aromatic carbocycles. The molecule has 3 rings (SSSR count). The first kappa shape index (κ1) is 19.9. The third-order valence-electron chi connectivity index (χ3n) is 4.22. The van der Waals surface area contributed by atoms with Gasteiger partial charge in [0.2, 0.25) is 5.95 Å². The van der Waals surface area contributed by atoms with Gasteiger partial charge in [-0.05, 0) is 6.92 Å². The second kappa shape index (κ2) is 6.62. The molecule has 0 bridgehead atoms. The lowest BCUT2D eigenvalue weighted by atomic mass is 9.98. The zero-order chi connectivity index (χ0) is 20.1. The molecule has 2 aromatic heterocycles. The lowest BCUT2D eigenvalue weighted by Crippen LogP contribution is -2.40. The molecule has 0 aliphatic carbocycles. The molecule has 14 heteroatoms. The molecule has 2 aromatic rings. The highest BCUT2D eigenvalue weighted by molar-refractivity contribution is 7.46. The van der Waals surface area contributed by atoms with Crippen LogP contribution in [-0.4, -0.2) is 73.0 Å². The van der Waals surface area contributed by atoms with Gasteiger partial charge in [-0.1, -0.05) is 0 Å². The summed E-state index contributed by atoms with van der Waals surface area (Å²) in [7, 11) is -1.35. The van der Waals surface area contributed by atoms with E-state index in [4.69, 9.17) is 20.3 Å². The molecular formula is C13H20FN6O6P. The maximum atomic E-state index is 15.2. The molecule has 1 aliphatic rings. The van der Waals surface area contributed by atoms with Crippen LogP contribution < -0.4 is 10.6 Å². The zero-order valence-corrected chi connectivity index (χ0v) is 15.6. The van der Waals surface area contributed by atoms with Crippen molar-refractivity contribution in [1.29, 1.82) is 0 Å². The number of fused-ring (bicyclic) bond motifs is 1. The number of rotatable bonds is 5. The molecule has 1 aliphatic heterocycles. The van der Waals surface area contributed by atoms with E-state index in [1.165, 1.54) is 10.9 Å². The third kappa shape index (κ3) is 3.61.